The monoisotopic (exact) mass is 265 g/mol. The van der Waals surface area contributed by atoms with Gasteiger partial charge in [-0.25, -0.2) is 4.68 Å². The van der Waals surface area contributed by atoms with Crippen molar-refractivity contribution in [3.05, 3.63) is 42.2 Å². The number of benzene rings is 1. The zero-order valence-corrected chi connectivity index (χ0v) is 10.7. The molecule has 2 aromatic rings. The van der Waals surface area contributed by atoms with Gasteiger partial charge >= 0.3 is 0 Å². The number of hydrogen-bond acceptors (Lipinski definition) is 4. The Morgan fingerprint density at radius 2 is 2.11 bits per heavy atom. The van der Waals surface area contributed by atoms with Crippen LogP contribution in [0.15, 0.2) is 36.5 Å². The van der Waals surface area contributed by atoms with E-state index in [2.05, 4.69) is 15.7 Å². The van der Waals surface area contributed by atoms with Gasteiger partial charge in [0, 0.05) is 5.88 Å². The van der Waals surface area contributed by atoms with Crippen molar-refractivity contribution in [1.29, 1.82) is 0 Å². The maximum atomic E-state index is 5.71. The van der Waals surface area contributed by atoms with Crippen molar-refractivity contribution < 1.29 is 0 Å². The van der Waals surface area contributed by atoms with Crippen LogP contribution in [0.5, 0.6) is 0 Å². The second kappa shape index (κ2) is 6.49. The molecule has 3 N–H and O–H groups in total. The summed E-state index contributed by atoms with van der Waals surface area (Å²) in [7, 11) is 0. The molecule has 0 aliphatic rings. The lowest BCUT2D eigenvalue weighted by Gasteiger charge is -2.16. The zero-order chi connectivity index (χ0) is 12.8. The Balaban J connectivity index is 2.26. The Labute approximate surface area is 111 Å². The second-order valence-corrected chi connectivity index (χ2v) is 4.33. The summed E-state index contributed by atoms with van der Waals surface area (Å²) >= 11 is 5.71. The Kier molecular flexibility index (Phi) is 4.69. The highest BCUT2D eigenvalue weighted by Crippen LogP contribution is 2.19. The fraction of sp³-hybridized carbons (Fsp3) is 0.333. The fourth-order valence-corrected chi connectivity index (χ4v) is 2.00. The minimum Gasteiger partial charge on any atom is -0.271 e. The minimum absolute atomic E-state index is 0.000967. The average Bonchev–Trinajstić information content (AvgIpc) is 2.90. The molecule has 1 heterocycles. The number of hydrogen-bond donors (Lipinski definition) is 2. The molecule has 0 radical (unpaired) electrons. The van der Waals surface area contributed by atoms with Crippen molar-refractivity contribution in [2.45, 2.75) is 18.9 Å². The molecule has 0 saturated heterocycles. The van der Waals surface area contributed by atoms with Gasteiger partial charge in [-0.1, -0.05) is 23.4 Å². The largest absolute Gasteiger partial charge is 0.271 e. The molecule has 96 valence electrons. The van der Waals surface area contributed by atoms with E-state index in [9.17, 15) is 0 Å². The highest BCUT2D eigenvalue weighted by molar-refractivity contribution is 6.17. The van der Waals surface area contributed by atoms with Gasteiger partial charge in [0.2, 0.25) is 0 Å². The predicted molar refractivity (Wildman–Crippen MR) is 71.4 cm³/mol. The molecule has 1 aromatic carbocycles. The molecule has 0 aliphatic carbocycles. The van der Waals surface area contributed by atoms with Crippen LogP contribution in [0.4, 0.5) is 0 Å². The van der Waals surface area contributed by atoms with E-state index in [1.54, 1.807) is 10.9 Å². The molecular formula is C12H16ClN5. The van der Waals surface area contributed by atoms with Gasteiger partial charge in [-0.05, 0) is 25.0 Å². The molecule has 2 rings (SSSR count). The highest BCUT2D eigenvalue weighted by atomic mass is 35.5. The first-order chi connectivity index (χ1) is 8.86. The lowest BCUT2D eigenvalue weighted by Crippen LogP contribution is -2.29. The van der Waals surface area contributed by atoms with Crippen LogP contribution in [0, 0.1) is 0 Å². The Morgan fingerprint density at radius 1 is 1.33 bits per heavy atom. The first kappa shape index (κ1) is 13.0. The molecule has 5 nitrogen and oxygen atoms in total. The van der Waals surface area contributed by atoms with E-state index in [1.165, 1.54) is 0 Å². The van der Waals surface area contributed by atoms with E-state index in [0.717, 1.165) is 24.2 Å². The van der Waals surface area contributed by atoms with Crippen LogP contribution in [0.1, 0.15) is 24.6 Å². The summed E-state index contributed by atoms with van der Waals surface area (Å²) in [5.74, 6) is 6.21. The van der Waals surface area contributed by atoms with Gasteiger partial charge in [-0.2, -0.15) is 0 Å². The molecule has 1 aromatic heterocycles. The van der Waals surface area contributed by atoms with Crippen molar-refractivity contribution in [1.82, 2.24) is 20.4 Å². The van der Waals surface area contributed by atoms with Gasteiger partial charge in [0.1, 0.15) is 0 Å². The molecule has 1 unspecified atom stereocenters. The molecule has 0 fully saturated rings. The van der Waals surface area contributed by atoms with Gasteiger partial charge in [-0.15, -0.1) is 16.7 Å². The summed E-state index contributed by atoms with van der Waals surface area (Å²) in [6, 6.07) is 9.85. The number of para-hydroxylation sites is 1. The average molecular weight is 266 g/mol. The SMILES string of the molecule is NNC(CCCCl)c1cnnn1-c1ccccc1. The second-order valence-electron chi connectivity index (χ2n) is 3.96. The lowest BCUT2D eigenvalue weighted by molar-refractivity contribution is 0.487. The Bertz CT molecular complexity index is 470. The summed E-state index contributed by atoms with van der Waals surface area (Å²) in [6.45, 7) is 0. The van der Waals surface area contributed by atoms with Crippen molar-refractivity contribution >= 4 is 11.6 Å². The van der Waals surface area contributed by atoms with E-state index in [-0.39, 0.29) is 6.04 Å². The molecule has 0 bridgehead atoms. The van der Waals surface area contributed by atoms with E-state index in [1.807, 2.05) is 30.3 Å². The number of rotatable bonds is 6. The van der Waals surface area contributed by atoms with Crippen LogP contribution in [-0.2, 0) is 0 Å². The first-order valence-electron chi connectivity index (χ1n) is 5.85. The maximum absolute atomic E-state index is 5.71. The number of nitrogens with two attached hydrogens (primary N) is 1. The molecule has 0 saturated carbocycles. The third-order valence-corrected chi connectivity index (χ3v) is 3.03. The number of halogens is 1. The summed E-state index contributed by atoms with van der Waals surface area (Å²) in [5, 5.41) is 8.06. The normalized spacial score (nSPS) is 12.6. The minimum atomic E-state index is -0.000967. The molecule has 0 spiro atoms. The van der Waals surface area contributed by atoms with Gasteiger partial charge < -0.3 is 0 Å². The number of hydrazine groups is 1. The fourth-order valence-electron chi connectivity index (χ4n) is 1.85. The van der Waals surface area contributed by atoms with Crippen molar-refractivity contribution in [3.8, 4) is 5.69 Å². The van der Waals surface area contributed by atoms with Crippen LogP contribution in [-0.4, -0.2) is 20.9 Å². The Hall–Kier alpha value is -1.43. The molecule has 0 amide bonds. The third-order valence-electron chi connectivity index (χ3n) is 2.76. The first-order valence-corrected chi connectivity index (χ1v) is 6.38. The van der Waals surface area contributed by atoms with Crippen molar-refractivity contribution in [2.75, 3.05) is 5.88 Å². The number of aromatic nitrogens is 3. The van der Waals surface area contributed by atoms with Crippen LogP contribution in [0.2, 0.25) is 0 Å². The summed E-state index contributed by atoms with van der Waals surface area (Å²) < 4.78 is 1.79. The van der Waals surface area contributed by atoms with Gasteiger partial charge in [0.15, 0.2) is 0 Å². The maximum Gasteiger partial charge on any atom is 0.0828 e. The number of nitrogens with one attached hydrogen (secondary N) is 1. The van der Waals surface area contributed by atoms with E-state index >= 15 is 0 Å². The van der Waals surface area contributed by atoms with Gasteiger partial charge in [-0.3, -0.25) is 11.3 Å². The van der Waals surface area contributed by atoms with Crippen LogP contribution in [0.25, 0.3) is 5.69 Å². The van der Waals surface area contributed by atoms with E-state index < -0.39 is 0 Å². The standard InChI is InChI=1S/C12H16ClN5/c13-8-4-7-11(16-14)12-9-15-17-18(12)10-5-2-1-3-6-10/h1-3,5-6,9,11,16H,4,7-8,14H2. The van der Waals surface area contributed by atoms with Crippen LogP contribution >= 0.6 is 11.6 Å². The van der Waals surface area contributed by atoms with Crippen molar-refractivity contribution in [3.63, 3.8) is 0 Å². The smallest absolute Gasteiger partial charge is 0.0828 e. The predicted octanol–water partition coefficient (Wildman–Crippen LogP) is 1.79. The van der Waals surface area contributed by atoms with Crippen molar-refractivity contribution in [2.24, 2.45) is 5.84 Å². The summed E-state index contributed by atoms with van der Waals surface area (Å²) in [6.07, 6.45) is 3.46. The third kappa shape index (κ3) is 2.87. The Morgan fingerprint density at radius 3 is 2.78 bits per heavy atom. The quantitative estimate of drug-likeness (QED) is 0.475. The van der Waals surface area contributed by atoms with Crippen LogP contribution < -0.4 is 11.3 Å². The lowest BCUT2D eigenvalue weighted by atomic mass is 10.1. The molecule has 6 heteroatoms. The number of alkyl halides is 1. The van der Waals surface area contributed by atoms with Gasteiger partial charge in [0.05, 0.1) is 23.6 Å². The van der Waals surface area contributed by atoms with Gasteiger partial charge in [0.25, 0.3) is 0 Å². The zero-order valence-electron chi connectivity index (χ0n) is 9.96. The highest BCUT2D eigenvalue weighted by Gasteiger charge is 2.16. The molecule has 0 aliphatic heterocycles. The summed E-state index contributed by atoms with van der Waals surface area (Å²) in [5.41, 5.74) is 4.70. The molecular weight excluding hydrogens is 250 g/mol. The van der Waals surface area contributed by atoms with E-state index in [4.69, 9.17) is 17.4 Å². The molecule has 1 atom stereocenters. The summed E-state index contributed by atoms with van der Waals surface area (Å²) in [4.78, 5) is 0. The molecule has 18 heavy (non-hydrogen) atoms. The van der Waals surface area contributed by atoms with E-state index in [0.29, 0.717) is 5.88 Å². The van der Waals surface area contributed by atoms with Crippen LogP contribution in [0.3, 0.4) is 0 Å². The number of nitrogens with zero attached hydrogens (tertiary/aromatic N) is 3. The topological polar surface area (TPSA) is 68.8 Å².